The van der Waals surface area contributed by atoms with Gasteiger partial charge in [0.1, 0.15) is 0 Å². The van der Waals surface area contributed by atoms with Crippen molar-refractivity contribution in [1.82, 2.24) is 0 Å². The SMILES string of the molecule is FC(F)CNc1ccc(Br)c(Cl)c1. The van der Waals surface area contributed by atoms with Gasteiger partial charge in [0.15, 0.2) is 0 Å². The second-order valence-electron chi connectivity index (χ2n) is 2.40. The summed E-state index contributed by atoms with van der Waals surface area (Å²) in [5, 5.41) is 3.06. The fraction of sp³-hybridized carbons (Fsp3) is 0.250. The van der Waals surface area contributed by atoms with Crippen LogP contribution in [0.15, 0.2) is 22.7 Å². The summed E-state index contributed by atoms with van der Waals surface area (Å²) >= 11 is 8.96. The summed E-state index contributed by atoms with van der Waals surface area (Å²) in [4.78, 5) is 0. The molecule has 1 N–H and O–H groups in total. The van der Waals surface area contributed by atoms with Crippen LogP contribution in [0.4, 0.5) is 14.5 Å². The van der Waals surface area contributed by atoms with Gasteiger partial charge >= 0.3 is 0 Å². The van der Waals surface area contributed by atoms with Crippen LogP contribution in [-0.4, -0.2) is 13.0 Å². The molecule has 1 aromatic carbocycles. The molecule has 0 unspecified atom stereocenters. The maximum absolute atomic E-state index is 11.8. The molecule has 0 atom stereocenters. The van der Waals surface area contributed by atoms with Crippen molar-refractivity contribution in [3.63, 3.8) is 0 Å². The zero-order valence-electron chi connectivity index (χ0n) is 6.53. The first-order valence-electron chi connectivity index (χ1n) is 3.56. The second kappa shape index (κ2) is 4.77. The standard InChI is InChI=1S/C8H7BrClF2N/c9-6-2-1-5(3-7(6)10)13-4-8(11)12/h1-3,8,13H,4H2. The van der Waals surface area contributed by atoms with Crippen LogP contribution >= 0.6 is 27.5 Å². The van der Waals surface area contributed by atoms with Gasteiger partial charge in [-0.3, -0.25) is 0 Å². The van der Waals surface area contributed by atoms with Crippen LogP contribution in [0.5, 0.6) is 0 Å². The Bertz CT molecular complexity index is 293. The topological polar surface area (TPSA) is 12.0 Å². The van der Waals surface area contributed by atoms with E-state index < -0.39 is 6.43 Å². The van der Waals surface area contributed by atoms with Gasteiger partial charge in [-0.05, 0) is 34.1 Å². The summed E-state index contributed by atoms with van der Waals surface area (Å²) in [5.41, 5.74) is 0.591. The Morgan fingerprint density at radius 2 is 2.15 bits per heavy atom. The molecule has 5 heteroatoms. The summed E-state index contributed by atoms with van der Waals surface area (Å²) in [6, 6.07) is 4.97. The van der Waals surface area contributed by atoms with E-state index in [2.05, 4.69) is 21.2 Å². The molecule has 1 rings (SSSR count). The van der Waals surface area contributed by atoms with E-state index >= 15 is 0 Å². The molecule has 1 aromatic rings. The van der Waals surface area contributed by atoms with Gasteiger partial charge in [0.25, 0.3) is 6.43 Å². The first kappa shape index (κ1) is 10.7. The maximum atomic E-state index is 11.8. The summed E-state index contributed by atoms with van der Waals surface area (Å²) in [6.45, 7) is -0.363. The molecular weight excluding hydrogens is 263 g/mol. The predicted molar refractivity (Wildman–Crippen MR) is 53.6 cm³/mol. The second-order valence-corrected chi connectivity index (χ2v) is 3.66. The van der Waals surface area contributed by atoms with Gasteiger partial charge in [-0.15, -0.1) is 0 Å². The number of halogens is 4. The number of hydrogen-bond acceptors (Lipinski definition) is 1. The minimum absolute atomic E-state index is 0.363. The van der Waals surface area contributed by atoms with Crippen LogP contribution in [0.2, 0.25) is 5.02 Å². The van der Waals surface area contributed by atoms with E-state index in [0.717, 1.165) is 4.47 Å². The van der Waals surface area contributed by atoms with E-state index in [1.807, 2.05) is 0 Å². The lowest BCUT2D eigenvalue weighted by molar-refractivity contribution is 0.163. The van der Waals surface area contributed by atoms with Gasteiger partial charge in [0, 0.05) is 10.2 Å². The molecule has 0 fully saturated rings. The fourth-order valence-corrected chi connectivity index (χ4v) is 1.23. The zero-order chi connectivity index (χ0) is 9.84. The number of rotatable bonds is 3. The Labute approximate surface area is 88.2 Å². The minimum atomic E-state index is -2.36. The smallest absolute Gasteiger partial charge is 0.255 e. The minimum Gasteiger partial charge on any atom is -0.379 e. The summed E-state index contributed by atoms with van der Waals surface area (Å²) in [6.07, 6.45) is -2.36. The molecule has 0 aromatic heterocycles. The van der Waals surface area contributed by atoms with Crippen molar-refractivity contribution in [2.24, 2.45) is 0 Å². The first-order chi connectivity index (χ1) is 6.09. The van der Waals surface area contributed by atoms with Gasteiger partial charge in [0.2, 0.25) is 0 Å². The van der Waals surface area contributed by atoms with Gasteiger partial charge in [-0.25, -0.2) is 8.78 Å². The lowest BCUT2D eigenvalue weighted by Gasteiger charge is -2.06. The van der Waals surface area contributed by atoms with Crippen LogP contribution in [0.25, 0.3) is 0 Å². The van der Waals surface area contributed by atoms with Crippen molar-refractivity contribution >= 4 is 33.2 Å². The van der Waals surface area contributed by atoms with Crippen LogP contribution < -0.4 is 5.32 Å². The molecule has 0 saturated heterocycles. The molecular formula is C8H7BrClF2N. The number of benzene rings is 1. The molecule has 0 aliphatic rings. The van der Waals surface area contributed by atoms with Gasteiger partial charge in [0.05, 0.1) is 11.6 Å². The fourth-order valence-electron chi connectivity index (χ4n) is 0.801. The Kier molecular flexibility index (Phi) is 3.93. The Balaban J connectivity index is 2.63. The molecule has 72 valence electrons. The molecule has 0 aliphatic heterocycles. The van der Waals surface area contributed by atoms with Gasteiger partial charge in [-0.1, -0.05) is 11.6 Å². The summed E-state index contributed by atoms with van der Waals surface area (Å²) in [5.74, 6) is 0. The predicted octanol–water partition coefficient (Wildman–Crippen LogP) is 3.78. The Morgan fingerprint density at radius 3 is 2.69 bits per heavy atom. The van der Waals surface area contributed by atoms with Crippen molar-refractivity contribution in [3.05, 3.63) is 27.7 Å². The zero-order valence-corrected chi connectivity index (χ0v) is 8.87. The number of alkyl halides is 2. The lowest BCUT2D eigenvalue weighted by Crippen LogP contribution is -2.09. The highest BCUT2D eigenvalue weighted by Crippen LogP contribution is 2.25. The highest BCUT2D eigenvalue weighted by Gasteiger charge is 2.02. The van der Waals surface area contributed by atoms with Crippen molar-refractivity contribution in [2.75, 3.05) is 11.9 Å². The normalized spacial score (nSPS) is 10.5. The molecule has 1 nitrogen and oxygen atoms in total. The van der Waals surface area contributed by atoms with E-state index in [-0.39, 0.29) is 6.54 Å². The van der Waals surface area contributed by atoms with E-state index in [0.29, 0.717) is 10.7 Å². The average molecular weight is 271 g/mol. The quantitative estimate of drug-likeness (QED) is 0.881. The number of hydrogen-bond donors (Lipinski definition) is 1. The summed E-state index contributed by atoms with van der Waals surface area (Å²) in [7, 11) is 0. The molecule has 0 amide bonds. The van der Waals surface area contributed by atoms with Crippen LogP contribution in [0.3, 0.4) is 0 Å². The molecule has 0 spiro atoms. The Morgan fingerprint density at radius 1 is 1.46 bits per heavy atom. The van der Waals surface area contributed by atoms with Gasteiger partial charge in [-0.2, -0.15) is 0 Å². The van der Waals surface area contributed by atoms with Crippen molar-refractivity contribution in [2.45, 2.75) is 6.43 Å². The molecule has 0 heterocycles. The van der Waals surface area contributed by atoms with Crippen LogP contribution in [0.1, 0.15) is 0 Å². The first-order valence-corrected chi connectivity index (χ1v) is 4.74. The summed E-state index contributed by atoms with van der Waals surface area (Å²) < 4.78 is 24.3. The third kappa shape index (κ3) is 3.48. The number of nitrogens with one attached hydrogen (secondary N) is 1. The molecule has 0 aliphatic carbocycles. The van der Waals surface area contributed by atoms with Crippen molar-refractivity contribution in [3.8, 4) is 0 Å². The maximum Gasteiger partial charge on any atom is 0.255 e. The van der Waals surface area contributed by atoms with E-state index in [4.69, 9.17) is 11.6 Å². The monoisotopic (exact) mass is 269 g/mol. The molecule has 0 bridgehead atoms. The van der Waals surface area contributed by atoms with Crippen LogP contribution in [0, 0.1) is 0 Å². The number of anilines is 1. The Hall–Kier alpha value is -0.350. The third-order valence-corrected chi connectivity index (χ3v) is 2.61. The van der Waals surface area contributed by atoms with Crippen molar-refractivity contribution in [1.29, 1.82) is 0 Å². The molecule has 0 saturated carbocycles. The van der Waals surface area contributed by atoms with E-state index in [1.54, 1.807) is 18.2 Å². The van der Waals surface area contributed by atoms with Crippen LogP contribution in [-0.2, 0) is 0 Å². The van der Waals surface area contributed by atoms with E-state index in [9.17, 15) is 8.78 Å². The van der Waals surface area contributed by atoms with E-state index in [1.165, 1.54) is 0 Å². The highest BCUT2D eigenvalue weighted by molar-refractivity contribution is 9.10. The third-order valence-electron chi connectivity index (χ3n) is 1.38. The van der Waals surface area contributed by atoms with Gasteiger partial charge < -0.3 is 5.32 Å². The average Bonchev–Trinajstić information content (AvgIpc) is 2.07. The highest BCUT2D eigenvalue weighted by atomic mass is 79.9. The van der Waals surface area contributed by atoms with Crippen molar-refractivity contribution < 1.29 is 8.78 Å². The lowest BCUT2D eigenvalue weighted by atomic mass is 10.3. The molecule has 0 radical (unpaired) electrons. The molecule has 13 heavy (non-hydrogen) atoms. The largest absolute Gasteiger partial charge is 0.379 e.